The van der Waals surface area contributed by atoms with Crippen molar-refractivity contribution in [2.24, 2.45) is 0 Å². The summed E-state index contributed by atoms with van der Waals surface area (Å²) in [5.41, 5.74) is 1.55. The molecule has 1 rings (SSSR count). The van der Waals surface area contributed by atoms with Crippen molar-refractivity contribution in [2.75, 3.05) is 27.4 Å². The molecule has 0 bridgehead atoms. The first kappa shape index (κ1) is 18.8. The van der Waals surface area contributed by atoms with E-state index in [4.69, 9.17) is 9.47 Å². The lowest BCUT2D eigenvalue weighted by molar-refractivity contribution is 0.151. The van der Waals surface area contributed by atoms with E-state index >= 15 is 0 Å². The number of aliphatic hydroxyl groups is 1. The number of hydrogen-bond donors (Lipinski definition) is 1. The standard InChI is InChI=1S/C16H32O3Si2/c1-16(17)14(20(4,5)6)12(10-18-2)13(11-19-3)15(16)21(7,8)9/h17H,10-11H2,1-9H3. The molecule has 0 unspecified atom stereocenters. The molecule has 0 spiro atoms. The lowest BCUT2D eigenvalue weighted by atomic mass is 10.1. The molecule has 0 heterocycles. The van der Waals surface area contributed by atoms with Crippen LogP contribution in [0.15, 0.2) is 21.5 Å². The first-order valence-electron chi connectivity index (χ1n) is 7.57. The van der Waals surface area contributed by atoms with Gasteiger partial charge in [-0.1, -0.05) is 39.3 Å². The van der Waals surface area contributed by atoms with Crippen molar-refractivity contribution < 1.29 is 14.6 Å². The molecule has 3 nitrogen and oxygen atoms in total. The molecule has 0 atom stereocenters. The van der Waals surface area contributed by atoms with Crippen LogP contribution in [0, 0.1) is 0 Å². The Balaban J connectivity index is 3.65. The highest BCUT2D eigenvalue weighted by atomic mass is 28.3. The minimum atomic E-state index is -1.68. The van der Waals surface area contributed by atoms with Gasteiger partial charge in [-0.05, 0) is 28.5 Å². The summed E-state index contributed by atoms with van der Waals surface area (Å²) in [6.07, 6.45) is 0. The normalized spacial score (nSPS) is 19.7. The maximum Gasteiger partial charge on any atom is 0.0982 e. The van der Waals surface area contributed by atoms with Gasteiger partial charge in [0.2, 0.25) is 0 Å². The molecule has 0 saturated heterocycles. The number of ether oxygens (including phenoxy) is 2. The van der Waals surface area contributed by atoms with E-state index in [9.17, 15) is 5.11 Å². The van der Waals surface area contributed by atoms with Gasteiger partial charge in [0.15, 0.2) is 0 Å². The number of methoxy groups -OCH3 is 2. The molecule has 1 N–H and O–H groups in total. The summed E-state index contributed by atoms with van der Waals surface area (Å²) < 4.78 is 10.9. The summed E-state index contributed by atoms with van der Waals surface area (Å²) >= 11 is 0. The van der Waals surface area contributed by atoms with E-state index in [1.54, 1.807) is 14.2 Å². The molecule has 0 amide bonds. The molecule has 0 aromatic carbocycles. The summed E-state index contributed by atoms with van der Waals surface area (Å²) in [7, 11) is 0.0920. The third-order valence-corrected chi connectivity index (χ3v) is 8.60. The van der Waals surface area contributed by atoms with E-state index in [2.05, 4.69) is 39.3 Å². The molecule has 0 aromatic heterocycles. The van der Waals surface area contributed by atoms with Crippen LogP contribution < -0.4 is 0 Å². The summed E-state index contributed by atoms with van der Waals surface area (Å²) in [5, 5.41) is 13.9. The van der Waals surface area contributed by atoms with Crippen LogP contribution >= 0.6 is 0 Å². The molecule has 0 aromatic rings. The number of rotatable bonds is 6. The second-order valence-electron chi connectivity index (χ2n) is 8.15. The molecule has 122 valence electrons. The zero-order valence-electron chi connectivity index (χ0n) is 15.2. The van der Waals surface area contributed by atoms with Crippen LogP contribution in [0.5, 0.6) is 0 Å². The van der Waals surface area contributed by atoms with Gasteiger partial charge in [0, 0.05) is 14.2 Å². The maximum absolute atomic E-state index is 11.4. The zero-order valence-corrected chi connectivity index (χ0v) is 17.2. The van der Waals surface area contributed by atoms with Gasteiger partial charge in [0.25, 0.3) is 0 Å². The van der Waals surface area contributed by atoms with Crippen molar-refractivity contribution in [3.05, 3.63) is 21.5 Å². The monoisotopic (exact) mass is 328 g/mol. The van der Waals surface area contributed by atoms with Gasteiger partial charge in [-0.15, -0.1) is 0 Å². The second-order valence-corrected chi connectivity index (χ2v) is 18.1. The van der Waals surface area contributed by atoms with Crippen LogP contribution in [0.4, 0.5) is 0 Å². The SMILES string of the molecule is COCC1=C([Si](C)(C)C)C(C)(O)C([Si](C)(C)C)=C1COC. The Hall–Kier alpha value is -0.206. The Kier molecular flexibility index (Phi) is 5.49. The van der Waals surface area contributed by atoms with Crippen molar-refractivity contribution in [1.29, 1.82) is 0 Å². The highest BCUT2D eigenvalue weighted by molar-refractivity contribution is 6.87. The maximum atomic E-state index is 11.4. The van der Waals surface area contributed by atoms with Gasteiger partial charge in [-0.25, -0.2) is 0 Å². The summed E-state index contributed by atoms with van der Waals surface area (Å²) in [6.45, 7) is 16.9. The van der Waals surface area contributed by atoms with Crippen LogP contribution in [-0.2, 0) is 9.47 Å². The minimum Gasteiger partial charge on any atom is -0.382 e. The van der Waals surface area contributed by atoms with E-state index in [0.29, 0.717) is 13.2 Å². The summed E-state index contributed by atoms with van der Waals surface area (Å²) in [4.78, 5) is 0. The van der Waals surface area contributed by atoms with E-state index in [0.717, 1.165) is 0 Å². The van der Waals surface area contributed by atoms with Crippen molar-refractivity contribution in [1.82, 2.24) is 0 Å². The van der Waals surface area contributed by atoms with Gasteiger partial charge in [-0.3, -0.25) is 0 Å². The summed E-state index contributed by atoms with van der Waals surface area (Å²) in [5.74, 6) is 0. The Bertz CT molecular complexity index is 421. The first-order valence-corrected chi connectivity index (χ1v) is 14.6. The van der Waals surface area contributed by atoms with Gasteiger partial charge in [0.05, 0.1) is 35.0 Å². The van der Waals surface area contributed by atoms with E-state index in [1.165, 1.54) is 21.5 Å². The van der Waals surface area contributed by atoms with E-state index < -0.39 is 21.7 Å². The molecular weight excluding hydrogens is 296 g/mol. The predicted molar refractivity (Wildman–Crippen MR) is 95.1 cm³/mol. The van der Waals surface area contributed by atoms with Crippen molar-refractivity contribution in [2.45, 2.75) is 51.8 Å². The van der Waals surface area contributed by atoms with Crippen LogP contribution in [0.3, 0.4) is 0 Å². The fraction of sp³-hybridized carbons (Fsp3) is 0.750. The molecule has 0 fully saturated rings. The smallest absolute Gasteiger partial charge is 0.0982 e. The largest absolute Gasteiger partial charge is 0.382 e. The Morgan fingerprint density at radius 1 is 0.810 bits per heavy atom. The van der Waals surface area contributed by atoms with Crippen molar-refractivity contribution in [3.63, 3.8) is 0 Å². The van der Waals surface area contributed by atoms with Crippen LogP contribution in [0.25, 0.3) is 0 Å². The fourth-order valence-corrected chi connectivity index (χ4v) is 9.54. The van der Waals surface area contributed by atoms with Crippen LogP contribution in [-0.4, -0.2) is 54.3 Å². The molecule has 1 aliphatic carbocycles. The fourth-order valence-electron chi connectivity index (χ4n) is 3.99. The van der Waals surface area contributed by atoms with Crippen molar-refractivity contribution in [3.8, 4) is 0 Å². The van der Waals surface area contributed by atoms with Gasteiger partial charge in [-0.2, -0.15) is 0 Å². The molecular formula is C16H32O3Si2. The molecule has 5 heteroatoms. The summed E-state index contributed by atoms with van der Waals surface area (Å²) in [6, 6.07) is 0. The quantitative estimate of drug-likeness (QED) is 0.760. The van der Waals surface area contributed by atoms with Crippen molar-refractivity contribution >= 4 is 16.1 Å². The molecule has 0 aliphatic heterocycles. The number of hydrogen-bond acceptors (Lipinski definition) is 3. The average molecular weight is 329 g/mol. The lowest BCUT2D eigenvalue weighted by Crippen LogP contribution is -2.46. The molecule has 21 heavy (non-hydrogen) atoms. The third-order valence-electron chi connectivity index (χ3n) is 4.02. The second kappa shape index (κ2) is 6.12. The minimum absolute atomic E-state index is 0.558. The predicted octanol–water partition coefficient (Wildman–Crippen LogP) is 3.39. The van der Waals surface area contributed by atoms with E-state index in [-0.39, 0.29) is 0 Å². The third kappa shape index (κ3) is 3.59. The highest BCUT2D eigenvalue weighted by Crippen LogP contribution is 2.48. The Morgan fingerprint density at radius 2 is 1.10 bits per heavy atom. The average Bonchev–Trinajstić information content (AvgIpc) is 2.45. The van der Waals surface area contributed by atoms with Crippen LogP contribution in [0.2, 0.25) is 39.3 Å². The topological polar surface area (TPSA) is 38.7 Å². The Labute approximate surface area is 132 Å². The first-order chi connectivity index (χ1) is 9.39. The molecule has 0 saturated carbocycles. The van der Waals surface area contributed by atoms with Gasteiger partial charge >= 0.3 is 0 Å². The lowest BCUT2D eigenvalue weighted by Gasteiger charge is -2.37. The van der Waals surface area contributed by atoms with Crippen LogP contribution in [0.1, 0.15) is 6.92 Å². The van der Waals surface area contributed by atoms with Gasteiger partial charge in [0.1, 0.15) is 0 Å². The van der Waals surface area contributed by atoms with E-state index in [1.807, 2.05) is 6.92 Å². The van der Waals surface area contributed by atoms with Gasteiger partial charge < -0.3 is 14.6 Å². The Morgan fingerprint density at radius 3 is 1.29 bits per heavy atom. The molecule has 1 aliphatic rings. The molecule has 0 radical (unpaired) electrons. The zero-order chi connectivity index (χ0) is 16.6. The highest BCUT2D eigenvalue weighted by Gasteiger charge is 2.50.